The number of anilines is 1. The Balaban J connectivity index is 0.00000520. The van der Waals surface area contributed by atoms with Gasteiger partial charge in [0.05, 0.1) is 38.8 Å². The van der Waals surface area contributed by atoms with Crippen molar-refractivity contribution in [3.8, 4) is 11.4 Å². The average Bonchev–Trinajstić information content (AvgIpc) is 3.02. The lowest BCUT2D eigenvalue weighted by Gasteiger charge is -2.37. The lowest BCUT2D eigenvalue weighted by molar-refractivity contribution is -0.914. The van der Waals surface area contributed by atoms with Crippen LogP contribution in [0.15, 0.2) is 65.6 Å². The molecule has 1 fully saturated rings. The van der Waals surface area contributed by atoms with E-state index >= 15 is 0 Å². The molecule has 48 heavy (non-hydrogen) atoms. The number of aryl methyl sites for hydroxylation is 2. The number of nitrogens with zero attached hydrogens (tertiary/aromatic N) is 3. The van der Waals surface area contributed by atoms with Crippen LogP contribution in [0.1, 0.15) is 79.8 Å². The highest BCUT2D eigenvalue weighted by atomic mass is 79.9. The number of ether oxygens (including phenoxy) is 1. The summed E-state index contributed by atoms with van der Waals surface area (Å²) < 4.78 is 37.4. The third-order valence-corrected chi connectivity index (χ3v) is 9.42. The van der Waals surface area contributed by atoms with Gasteiger partial charge in [-0.25, -0.2) is 8.78 Å². The predicted molar refractivity (Wildman–Crippen MR) is 186 cm³/mol. The summed E-state index contributed by atoms with van der Waals surface area (Å²) in [6.45, 7) is 10.3. The largest absolute Gasteiger partial charge is 1.00 e. The molecular weight excluding hydrogens is 676 g/mol. The fourth-order valence-electron chi connectivity index (χ4n) is 6.95. The van der Waals surface area contributed by atoms with E-state index < -0.39 is 23.0 Å². The van der Waals surface area contributed by atoms with Crippen molar-refractivity contribution < 1.29 is 39.8 Å². The minimum atomic E-state index is -0.798. The molecule has 1 aliphatic heterocycles. The van der Waals surface area contributed by atoms with E-state index in [0.717, 1.165) is 47.9 Å². The number of quaternary nitrogens is 1. The molecular formula is C39H48BrF2N3O3. The highest BCUT2D eigenvalue weighted by Crippen LogP contribution is 2.26. The molecule has 1 amide bonds. The van der Waals surface area contributed by atoms with Crippen LogP contribution in [0, 0.1) is 25.5 Å². The quantitative estimate of drug-likeness (QED) is 0.135. The van der Waals surface area contributed by atoms with Crippen LogP contribution in [0.3, 0.4) is 0 Å². The molecule has 0 radical (unpaired) electrons. The number of hydrogen-bond acceptors (Lipinski definition) is 3. The van der Waals surface area contributed by atoms with Gasteiger partial charge in [-0.15, -0.1) is 0 Å². The van der Waals surface area contributed by atoms with Crippen molar-refractivity contribution >= 4 is 22.5 Å². The van der Waals surface area contributed by atoms with E-state index in [4.69, 9.17) is 4.74 Å². The van der Waals surface area contributed by atoms with E-state index in [1.807, 2.05) is 36.6 Å². The average molecular weight is 725 g/mol. The van der Waals surface area contributed by atoms with Crippen LogP contribution in [-0.2, 0) is 0 Å². The molecule has 258 valence electrons. The number of carbonyl (C=O) groups is 1. The Morgan fingerprint density at radius 2 is 1.52 bits per heavy atom. The Morgan fingerprint density at radius 3 is 2.19 bits per heavy atom. The number of amides is 1. The number of benzene rings is 3. The Hall–Kier alpha value is -3.56. The number of fused-ring (bicyclic) bond motifs is 1. The third-order valence-electron chi connectivity index (χ3n) is 9.42. The second kappa shape index (κ2) is 16.7. The fourth-order valence-corrected chi connectivity index (χ4v) is 6.95. The number of aromatic nitrogens is 1. The maximum atomic E-state index is 14.1. The lowest BCUT2D eigenvalue weighted by atomic mass is 10.1. The van der Waals surface area contributed by atoms with Gasteiger partial charge >= 0.3 is 0 Å². The maximum absolute atomic E-state index is 14.1. The second-order valence-corrected chi connectivity index (χ2v) is 13.4. The van der Waals surface area contributed by atoms with Crippen LogP contribution in [0.4, 0.5) is 14.5 Å². The summed E-state index contributed by atoms with van der Waals surface area (Å²) in [5.41, 5.74) is 2.98. The molecule has 0 aliphatic carbocycles. The molecule has 3 aromatic carbocycles. The number of piperidine rings is 1. The standard InChI is InChI=1S/C39H48F2N3O3.BrH/c1-5-42(33-24-30(40)23-31(41)25-33)39(46)36-27-43(32-21-28(2)20-29(3)22-32)37-26-34(14-15-35(37)38(36)45)47-19-13-8-6-7-10-16-44(4)17-11-9-12-18-44;/h14-15,20-27H,5-13,16-19H2,1-4H3;1H/q+1;/p-1. The van der Waals surface area contributed by atoms with Crippen LogP contribution in [0.25, 0.3) is 16.6 Å². The normalized spacial score (nSPS) is 14.0. The van der Waals surface area contributed by atoms with E-state index in [1.165, 1.54) is 73.7 Å². The van der Waals surface area contributed by atoms with Crippen molar-refractivity contribution in [2.45, 2.75) is 72.1 Å². The van der Waals surface area contributed by atoms with Crippen LogP contribution in [-0.4, -0.2) is 54.8 Å². The zero-order chi connectivity index (χ0) is 33.6. The Bertz CT molecular complexity index is 1740. The Morgan fingerprint density at radius 1 is 0.875 bits per heavy atom. The molecule has 0 saturated carbocycles. The topological polar surface area (TPSA) is 51.5 Å². The number of rotatable bonds is 13. The summed E-state index contributed by atoms with van der Waals surface area (Å²) in [6, 6.07) is 14.3. The first-order chi connectivity index (χ1) is 22.6. The van der Waals surface area contributed by atoms with Gasteiger partial charge in [0.1, 0.15) is 22.9 Å². The Kier molecular flexibility index (Phi) is 13.0. The number of pyridine rings is 1. The van der Waals surface area contributed by atoms with Gasteiger partial charge in [-0.1, -0.05) is 18.9 Å². The van der Waals surface area contributed by atoms with Crippen LogP contribution in [0.5, 0.6) is 5.75 Å². The molecule has 2 heterocycles. The van der Waals surface area contributed by atoms with Crippen molar-refractivity contribution in [2.24, 2.45) is 0 Å². The van der Waals surface area contributed by atoms with Gasteiger partial charge in [-0.2, -0.15) is 0 Å². The number of hydrogen-bond donors (Lipinski definition) is 0. The summed E-state index contributed by atoms with van der Waals surface area (Å²) in [7, 11) is 2.41. The fraction of sp³-hybridized carbons (Fsp3) is 0.436. The number of halogens is 3. The summed E-state index contributed by atoms with van der Waals surface area (Å²) in [5.74, 6) is -1.57. The van der Waals surface area contributed by atoms with Crippen molar-refractivity contribution in [3.63, 3.8) is 0 Å². The van der Waals surface area contributed by atoms with Crippen LogP contribution < -0.4 is 32.0 Å². The van der Waals surface area contributed by atoms with E-state index in [-0.39, 0.29) is 34.8 Å². The summed E-state index contributed by atoms with van der Waals surface area (Å²) >= 11 is 0. The number of carbonyl (C=O) groups excluding carboxylic acids is 1. The van der Waals surface area contributed by atoms with E-state index in [2.05, 4.69) is 13.1 Å². The lowest BCUT2D eigenvalue weighted by Crippen LogP contribution is -3.00. The highest BCUT2D eigenvalue weighted by Gasteiger charge is 2.25. The molecule has 1 aromatic heterocycles. The van der Waals surface area contributed by atoms with Crippen molar-refractivity contribution in [1.82, 2.24) is 4.57 Å². The molecule has 9 heteroatoms. The predicted octanol–water partition coefficient (Wildman–Crippen LogP) is 5.52. The minimum Gasteiger partial charge on any atom is -1.00 e. The van der Waals surface area contributed by atoms with Gasteiger partial charge in [0.2, 0.25) is 5.43 Å². The summed E-state index contributed by atoms with van der Waals surface area (Å²) in [6.07, 6.45) is 11.4. The summed E-state index contributed by atoms with van der Waals surface area (Å²) in [5, 5.41) is 0.355. The van der Waals surface area contributed by atoms with Gasteiger partial charge in [0.15, 0.2) is 0 Å². The van der Waals surface area contributed by atoms with Crippen molar-refractivity contribution in [2.75, 3.05) is 44.7 Å². The van der Waals surface area contributed by atoms with Gasteiger partial charge < -0.3 is 35.7 Å². The van der Waals surface area contributed by atoms with E-state index in [0.29, 0.717) is 23.3 Å². The number of likely N-dealkylation sites (tertiary alicyclic amines) is 1. The van der Waals surface area contributed by atoms with Crippen molar-refractivity contribution in [1.29, 1.82) is 0 Å². The summed E-state index contributed by atoms with van der Waals surface area (Å²) in [4.78, 5) is 28.9. The molecule has 5 rings (SSSR count). The minimum absolute atomic E-state index is 0. The van der Waals surface area contributed by atoms with Gasteiger partial charge in [0, 0.05) is 41.6 Å². The second-order valence-electron chi connectivity index (χ2n) is 13.4. The molecule has 0 N–H and O–H groups in total. The monoisotopic (exact) mass is 723 g/mol. The Labute approximate surface area is 293 Å². The molecule has 0 unspecified atom stereocenters. The highest BCUT2D eigenvalue weighted by molar-refractivity contribution is 6.07. The molecule has 6 nitrogen and oxygen atoms in total. The van der Waals surface area contributed by atoms with Gasteiger partial charge in [-0.05, 0) is 107 Å². The van der Waals surface area contributed by atoms with Gasteiger partial charge in [-0.3, -0.25) is 9.59 Å². The molecule has 1 saturated heterocycles. The van der Waals surface area contributed by atoms with Gasteiger partial charge in [0.25, 0.3) is 5.91 Å². The van der Waals surface area contributed by atoms with Crippen LogP contribution >= 0.6 is 0 Å². The number of unbranched alkanes of at least 4 members (excludes halogenated alkanes) is 4. The molecule has 4 aromatic rings. The zero-order valence-corrected chi connectivity index (χ0v) is 30.3. The molecule has 0 bridgehead atoms. The van der Waals surface area contributed by atoms with E-state index in [9.17, 15) is 18.4 Å². The molecule has 0 atom stereocenters. The van der Waals surface area contributed by atoms with Crippen LogP contribution in [0.2, 0.25) is 0 Å². The SMILES string of the molecule is CCN(C(=O)c1cn(-c2cc(C)cc(C)c2)c2cc(OCCCCCCC[N+]3(C)CCCCC3)ccc2c1=O)c1cc(F)cc(F)c1.[Br-]. The zero-order valence-electron chi connectivity index (χ0n) is 28.7. The smallest absolute Gasteiger partial charge is 0.263 e. The first kappa shape index (κ1) is 37.3. The van der Waals surface area contributed by atoms with E-state index in [1.54, 1.807) is 19.1 Å². The third kappa shape index (κ3) is 9.11. The molecule has 1 aliphatic rings. The maximum Gasteiger partial charge on any atom is 0.263 e. The van der Waals surface area contributed by atoms with Crippen molar-refractivity contribution in [3.05, 3.63) is 99.3 Å². The first-order valence-electron chi connectivity index (χ1n) is 17.1. The molecule has 0 spiro atoms. The first-order valence-corrected chi connectivity index (χ1v) is 17.1.